The molecule has 1 aromatic carbocycles. The number of anilines is 1. The van der Waals surface area contributed by atoms with E-state index >= 15 is 0 Å². The lowest BCUT2D eigenvalue weighted by atomic mass is 10.2. The number of aromatic carboxylic acids is 1. The Morgan fingerprint density at radius 3 is 2.62 bits per heavy atom. The number of rotatable bonds is 5. The number of ether oxygens (including phenoxy) is 1. The number of hydrogen-bond donors (Lipinski definition) is 2. The third-order valence-electron chi connectivity index (χ3n) is 2.88. The lowest BCUT2D eigenvalue weighted by molar-refractivity contribution is 0.0660. The number of carboxylic acids is 1. The summed E-state index contributed by atoms with van der Waals surface area (Å²) in [5.74, 6) is 0.0748. The van der Waals surface area contributed by atoms with Gasteiger partial charge in [-0.2, -0.15) is 0 Å². The number of hydrogen-bond acceptors (Lipinski definition) is 4. The van der Waals surface area contributed by atoms with Crippen LogP contribution in [0.5, 0.6) is 5.75 Å². The maximum Gasteiger partial charge on any atom is 0.371 e. The zero-order chi connectivity index (χ0) is 15.6. The molecule has 5 nitrogen and oxygen atoms in total. The van der Waals surface area contributed by atoms with Gasteiger partial charge in [0, 0.05) is 10.5 Å². The average molecular weight is 419 g/mol. The second kappa shape index (κ2) is 6.53. The van der Waals surface area contributed by atoms with Crippen LogP contribution in [0.1, 0.15) is 29.3 Å². The molecular formula is C14H13Br2NO4. The number of halogens is 2. The fourth-order valence-corrected chi connectivity index (χ4v) is 3.07. The predicted octanol–water partition coefficient (Wildman–Crippen LogP) is 4.68. The number of carbonyl (C=O) groups is 1. The SMILES string of the molecule is COc1cc(NC(C)c2ccc(C(=O)O)o2)c(Br)cc1Br. The molecule has 0 saturated heterocycles. The first-order chi connectivity index (χ1) is 9.92. The Labute approximate surface area is 138 Å². The van der Waals surface area contributed by atoms with Gasteiger partial charge in [0.05, 0.1) is 23.3 Å². The van der Waals surface area contributed by atoms with Gasteiger partial charge in [-0.05, 0) is 57.0 Å². The smallest absolute Gasteiger partial charge is 0.371 e. The molecule has 0 radical (unpaired) electrons. The van der Waals surface area contributed by atoms with Crippen molar-refractivity contribution < 1.29 is 19.1 Å². The van der Waals surface area contributed by atoms with Crippen LogP contribution in [0, 0.1) is 0 Å². The Hall–Kier alpha value is -1.47. The van der Waals surface area contributed by atoms with Gasteiger partial charge in [-0.15, -0.1) is 0 Å². The van der Waals surface area contributed by atoms with E-state index in [4.69, 9.17) is 14.3 Å². The van der Waals surface area contributed by atoms with Crippen molar-refractivity contribution in [1.82, 2.24) is 0 Å². The quantitative estimate of drug-likeness (QED) is 0.737. The van der Waals surface area contributed by atoms with Crippen molar-refractivity contribution >= 4 is 43.5 Å². The van der Waals surface area contributed by atoms with Crippen molar-refractivity contribution in [2.24, 2.45) is 0 Å². The van der Waals surface area contributed by atoms with Gasteiger partial charge in [0.25, 0.3) is 0 Å². The molecule has 0 aliphatic carbocycles. The van der Waals surface area contributed by atoms with Crippen molar-refractivity contribution in [3.8, 4) is 5.75 Å². The van der Waals surface area contributed by atoms with Gasteiger partial charge in [-0.25, -0.2) is 4.79 Å². The van der Waals surface area contributed by atoms with Crippen LogP contribution in [0.3, 0.4) is 0 Å². The Bertz CT molecular complexity index is 669. The molecule has 1 aromatic heterocycles. The third kappa shape index (κ3) is 3.59. The second-order valence-corrected chi connectivity index (χ2v) is 6.05. The highest BCUT2D eigenvalue weighted by molar-refractivity contribution is 9.11. The van der Waals surface area contributed by atoms with Gasteiger partial charge in [0.1, 0.15) is 11.5 Å². The second-order valence-electron chi connectivity index (χ2n) is 4.34. The molecule has 0 amide bonds. The van der Waals surface area contributed by atoms with Crippen LogP contribution in [0.15, 0.2) is 37.6 Å². The molecule has 112 valence electrons. The molecule has 0 spiro atoms. The number of carboxylic acid groups (broad SMARTS) is 1. The van der Waals surface area contributed by atoms with Crippen LogP contribution < -0.4 is 10.1 Å². The lowest BCUT2D eigenvalue weighted by Gasteiger charge is -2.16. The Morgan fingerprint density at radius 2 is 2.05 bits per heavy atom. The van der Waals surface area contributed by atoms with E-state index in [0.717, 1.165) is 14.6 Å². The van der Waals surface area contributed by atoms with E-state index in [1.807, 2.05) is 19.1 Å². The number of methoxy groups -OCH3 is 1. The van der Waals surface area contributed by atoms with Crippen LogP contribution in [0.25, 0.3) is 0 Å². The summed E-state index contributed by atoms with van der Waals surface area (Å²) in [5, 5.41) is 12.1. The summed E-state index contributed by atoms with van der Waals surface area (Å²) in [6.45, 7) is 1.88. The van der Waals surface area contributed by atoms with Crippen LogP contribution >= 0.6 is 31.9 Å². The van der Waals surface area contributed by atoms with Crippen molar-refractivity contribution in [2.75, 3.05) is 12.4 Å². The molecule has 0 aliphatic rings. The highest BCUT2D eigenvalue weighted by atomic mass is 79.9. The molecule has 0 aliphatic heterocycles. The Balaban J connectivity index is 2.22. The Kier molecular flexibility index (Phi) is 4.95. The van der Waals surface area contributed by atoms with E-state index in [1.165, 1.54) is 6.07 Å². The maximum absolute atomic E-state index is 10.8. The highest BCUT2D eigenvalue weighted by Crippen LogP contribution is 2.36. The molecule has 7 heteroatoms. The molecule has 2 aromatic rings. The standard InChI is InChI=1S/C14H13Br2NO4/c1-7(11-3-4-12(21-11)14(18)19)17-10-6-13(20-2)9(16)5-8(10)15/h3-7,17H,1-2H3,(H,18,19). The normalized spacial score (nSPS) is 12.0. The van der Waals surface area contributed by atoms with Gasteiger partial charge in [0.15, 0.2) is 0 Å². The zero-order valence-electron chi connectivity index (χ0n) is 11.3. The molecule has 0 bridgehead atoms. The van der Waals surface area contributed by atoms with Gasteiger partial charge >= 0.3 is 5.97 Å². The number of furan rings is 1. The summed E-state index contributed by atoms with van der Waals surface area (Å²) in [5.41, 5.74) is 0.816. The highest BCUT2D eigenvalue weighted by Gasteiger charge is 2.16. The zero-order valence-corrected chi connectivity index (χ0v) is 14.5. The minimum absolute atomic E-state index is 0.0777. The Morgan fingerprint density at radius 1 is 1.33 bits per heavy atom. The molecule has 0 saturated carbocycles. The fourth-order valence-electron chi connectivity index (χ4n) is 1.80. The largest absolute Gasteiger partial charge is 0.495 e. The van der Waals surface area contributed by atoms with E-state index < -0.39 is 5.97 Å². The minimum Gasteiger partial charge on any atom is -0.495 e. The van der Waals surface area contributed by atoms with E-state index in [1.54, 1.807) is 13.2 Å². The van der Waals surface area contributed by atoms with Gasteiger partial charge in [-0.3, -0.25) is 0 Å². The number of benzene rings is 1. The van der Waals surface area contributed by atoms with Gasteiger partial charge < -0.3 is 19.6 Å². The third-order valence-corrected chi connectivity index (χ3v) is 4.15. The van der Waals surface area contributed by atoms with Crippen molar-refractivity contribution in [3.05, 3.63) is 44.7 Å². The topological polar surface area (TPSA) is 71.7 Å². The van der Waals surface area contributed by atoms with Crippen molar-refractivity contribution in [3.63, 3.8) is 0 Å². The summed E-state index contributed by atoms with van der Waals surface area (Å²) < 4.78 is 12.2. The van der Waals surface area contributed by atoms with Crippen LogP contribution in [-0.2, 0) is 0 Å². The minimum atomic E-state index is -1.08. The van der Waals surface area contributed by atoms with E-state index in [0.29, 0.717) is 11.5 Å². The van der Waals surface area contributed by atoms with Gasteiger partial charge in [-0.1, -0.05) is 0 Å². The van der Waals surface area contributed by atoms with Crippen LogP contribution in [0.4, 0.5) is 5.69 Å². The molecule has 0 fully saturated rings. The summed E-state index contributed by atoms with van der Waals surface area (Å²) >= 11 is 6.87. The molecular weight excluding hydrogens is 406 g/mol. The molecule has 2 rings (SSSR count). The molecule has 1 atom stereocenters. The predicted molar refractivity (Wildman–Crippen MR) is 86.1 cm³/mol. The lowest BCUT2D eigenvalue weighted by Crippen LogP contribution is -2.06. The van der Waals surface area contributed by atoms with E-state index in [9.17, 15) is 4.79 Å². The molecule has 1 unspecified atom stereocenters. The molecule has 2 N–H and O–H groups in total. The first kappa shape index (κ1) is 15.9. The first-order valence-electron chi connectivity index (χ1n) is 6.05. The maximum atomic E-state index is 10.8. The molecule has 21 heavy (non-hydrogen) atoms. The monoisotopic (exact) mass is 417 g/mol. The summed E-state index contributed by atoms with van der Waals surface area (Å²) in [6, 6.07) is 6.60. The van der Waals surface area contributed by atoms with Crippen molar-refractivity contribution in [1.29, 1.82) is 0 Å². The van der Waals surface area contributed by atoms with Crippen molar-refractivity contribution in [2.45, 2.75) is 13.0 Å². The van der Waals surface area contributed by atoms with E-state index in [2.05, 4.69) is 37.2 Å². The van der Waals surface area contributed by atoms with E-state index in [-0.39, 0.29) is 11.8 Å². The van der Waals surface area contributed by atoms with Crippen LogP contribution in [-0.4, -0.2) is 18.2 Å². The summed E-state index contributed by atoms with van der Waals surface area (Å²) in [7, 11) is 1.59. The summed E-state index contributed by atoms with van der Waals surface area (Å²) in [4.78, 5) is 10.8. The molecule has 1 heterocycles. The number of nitrogens with one attached hydrogen (secondary N) is 1. The van der Waals surface area contributed by atoms with Gasteiger partial charge in [0.2, 0.25) is 5.76 Å². The first-order valence-corrected chi connectivity index (χ1v) is 7.63. The summed E-state index contributed by atoms with van der Waals surface area (Å²) in [6.07, 6.45) is 0. The average Bonchev–Trinajstić information content (AvgIpc) is 2.91. The fraction of sp³-hybridized carbons (Fsp3) is 0.214. The van der Waals surface area contributed by atoms with Crippen LogP contribution in [0.2, 0.25) is 0 Å².